The predicted octanol–water partition coefficient (Wildman–Crippen LogP) is -13.1. The van der Waals surface area contributed by atoms with Gasteiger partial charge in [-0.25, -0.2) is 0 Å². The molecule has 9 heavy (non-hydrogen) atoms. The predicted molar refractivity (Wildman–Crippen MR) is 0 cm³/mol. The Morgan fingerprint density at radius 1 is 0.556 bits per heavy atom. The van der Waals surface area contributed by atoms with E-state index in [0.29, 0.717) is 0 Å². The zero-order valence-corrected chi connectivity index (χ0v) is 9.61. The Hall–Kier alpha value is 1.84. The van der Waals surface area contributed by atoms with Gasteiger partial charge in [0.25, 0.3) is 42.1 Å². The van der Waals surface area contributed by atoms with Crippen LogP contribution in [0.15, 0.2) is 0 Å². The molecule has 0 aliphatic carbocycles. The van der Waals surface area contributed by atoms with Crippen molar-refractivity contribution in [2.24, 2.45) is 0 Å². The maximum atomic E-state index is 8.57. The second kappa shape index (κ2) is 12.5. The summed E-state index contributed by atoms with van der Waals surface area (Å²) in [5.41, 5.74) is 0. The molecule has 0 aliphatic heterocycles. The Balaban J connectivity index is -0.0000000720. The normalized spacial score (nSPS) is 8.00. The van der Waals surface area contributed by atoms with E-state index in [1.54, 1.807) is 0 Å². The van der Waals surface area contributed by atoms with Crippen LogP contribution in [0.5, 0.6) is 0 Å². The van der Waals surface area contributed by atoms with Crippen LogP contribution >= 0.6 is 0 Å². The summed E-state index contributed by atoms with van der Waals surface area (Å²) in [6, 6.07) is 0. The maximum Gasteiger partial charge on any atom is 2.00 e. The van der Waals surface area contributed by atoms with Crippen LogP contribution in [-0.2, 0) is 19.5 Å². The Kier molecular flexibility index (Phi) is 23.7. The van der Waals surface area contributed by atoms with E-state index >= 15 is 0 Å². The molecule has 0 saturated carbocycles. The first kappa shape index (κ1) is 17.1. The first-order valence-corrected chi connectivity index (χ1v) is 6.21. The van der Waals surface area contributed by atoms with Gasteiger partial charge < -0.3 is 20.6 Å². The SMILES string of the molecule is [O-][I+2]([O-])[O-].[O-][I+2]([O-])[O-].[Ru+2]. The molecule has 0 heterocycles. The van der Waals surface area contributed by atoms with Crippen LogP contribution in [-0.4, -0.2) is 0 Å². The third kappa shape index (κ3) is 178. The van der Waals surface area contributed by atoms with Crippen molar-refractivity contribution in [2.75, 3.05) is 0 Å². The van der Waals surface area contributed by atoms with Gasteiger partial charge >= 0.3 is 19.5 Å². The van der Waals surface area contributed by atoms with Crippen molar-refractivity contribution in [1.29, 1.82) is 0 Å². The largest absolute Gasteiger partial charge is 2.00 e. The molecule has 0 fully saturated rings. The van der Waals surface area contributed by atoms with Gasteiger partial charge in [0.2, 0.25) is 0 Å². The third-order valence-electron chi connectivity index (χ3n) is 0. The van der Waals surface area contributed by atoms with Crippen molar-refractivity contribution in [2.45, 2.75) is 0 Å². The van der Waals surface area contributed by atoms with E-state index < -0.39 is 42.1 Å². The van der Waals surface area contributed by atoms with E-state index in [9.17, 15) is 0 Å². The maximum absolute atomic E-state index is 8.57. The molecule has 0 aromatic carbocycles. The molecule has 9 heteroatoms. The Morgan fingerprint density at radius 3 is 0.556 bits per heavy atom. The second-order valence-electron chi connectivity index (χ2n) is 0.378. The zero-order chi connectivity index (χ0) is 7.15. The fraction of sp³-hybridized carbons (Fsp3) is 0. The van der Waals surface area contributed by atoms with Gasteiger partial charge in [-0.2, -0.15) is 0 Å². The molecular formula is I2O6Ru. The topological polar surface area (TPSA) is 138 Å². The molecule has 6 nitrogen and oxygen atoms in total. The van der Waals surface area contributed by atoms with Crippen molar-refractivity contribution in [3.8, 4) is 0 Å². The smallest absolute Gasteiger partial charge is 0.427 e. The molecule has 0 unspecified atom stereocenters. The average molecular weight is 451 g/mol. The Labute approximate surface area is 81.4 Å². The van der Waals surface area contributed by atoms with Gasteiger partial charge in [0.05, 0.1) is 0 Å². The standard InChI is InChI=1S/2IO3.Ru/c2*2-1(3)4;/q2*-1;+2. The minimum Gasteiger partial charge on any atom is -0.427 e. The zero-order valence-electron chi connectivity index (χ0n) is 3.56. The second-order valence-corrected chi connectivity index (χ2v) is 2.54. The molecule has 0 aliphatic rings. The molecular weight excluding hydrogens is 451 g/mol. The molecule has 0 spiro atoms. The molecule has 0 bridgehead atoms. The van der Waals surface area contributed by atoms with E-state index in [1.807, 2.05) is 0 Å². The van der Waals surface area contributed by atoms with Crippen LogP contribution in [0.4, 0.5) is 0 Å². The fourth-order valence-corrected chi connectivity index (χ4v) is 0. The van der Waals surface area contributed by atoms with Crippen molar-refractivity contribution < 1.29 is 82.2 Å². The van der Waals surface area contributed by atoms with E-state index in [1.165, 1.54) is 0 Å². The first-order chi connectivity index (χ1) is 3.46. The first-order valence-electron chi connectivity index (χ1n) is 0.926. The molecule has 0 aromatic heterocycles. The average Bonchev–Trinajstić information content (AvgIpc) is 1.25. The van der Waals surface area contributed by atoms with Crippen molar-refractivity contribution in [1.82, 2.24) is 0 Å². The van der Waals surface area contributed by atoms with Gasteiger partial charge in [-0.3, -0.25) is 0 Å². The van der Waals surface area contributed by atoms with E-state index in [2.05, 4.69) is 0 Å². The van der Waals surface area contributed by atoms with Crippen molar-refractivity contribution >= 4 is 0 Å². The monoisotopic (exact) mass is 452 g/mol. The molecule has 0 radical (unpaired) electrons. The van der Waals surface area contributed by atoms with Gasteiger partial charge in [0.1, 0.15) is 0 Å². The number of hydrogen-bond donors (Lipinski definition) is 0. The number of halogens is 2. The fourth-order valence-electron chi connectivity index (χ4n) is 0. The summed E-state index contributed by atoms with van der Waals surface area (Å²) in [4.78, 5) is 0. The summed E-state index contributed by atoms with van der Waals surface area (Å²) in [6.07, 6.45) is 0. The van der Waals surface area contributed by atoms with Crippen LogP contribution < -0.4 is 62.7 Å². The van der Waals surface area contributed by atoms with Gasteiger partial charge in [-0.1, -0.05) is 0 Å². The van der Waals surface area contributed by atoms with Crippen molar-refractivity contribution in [3.05, 3.63) is 0 Å². The van der Waals surface area contributed by atoms with Gasteiger partial charge in [-0.15, -0.1) is 0 Å². The summed E-state index contributed by atoms with van der Waals surface area (Å²) < 4.78 is 51.4. The molecule has 0 rings (SSSR count). The van der Waals surface area contributed by atoms with E-state index in [0.717, 1.165) is 0 Å². The molecule has 0 aromatic rings. The number of hydrogen-bond acceptors (Lipinski definition) is 6. The van der Waals surface area contributed by atoms with E-state index in [4.69, 9.17) is 20.6 Å². The van der Waals surface area contributed by atoms with Crippen LogP contribution in [0.25, 0.3) is 0 Å². The summed E-state index contributed by atoms with van der Waals surface area (Å²) in [5, 5.41) is 0. The molecule has 58 valence electrons. The number of rotatable bonds is 0. The summed E-state index contributed by atoms with van der Waals surface area (Å²) in [5.74, 6) is 0. The van der Waals surface area contributed by atoms with Crippen LogP contribution in [0, 0.1) is 0 Å². The van der Waals surface area contributed by atoms with Gasteiger partial charge in [-0.05, 0) is 0 Å². The molecule has 0 amide bonds. The van der Waals surface area contributed by atoms with Gasteiger partial charge in [0.15, 0.2) is 0 Å². The van der Waals surface area contributed by atoms with Crippen LogP contribution in [0.3, 0.4) is 0 Å². The van der Waals surface area contributed by atoms with Crippen LogP contribution in [0.2, 0.25) is 0 Å². The van der Waals surface area contributed by atoms with Crippen LogP contribution in [0.1, 0.15) is 0 Å². The van der Waals surface area contributed by atoms with Crippen molar-refractivity contribution in [3.63, 3.8) is 0 Å². The summed E-state index contributed by atoms with van der Waals surface area (Å²) in [6.45, 7) is 0. The quantitative estimate of drug-likeness (QED) is 0.265. The summed E-state index contributed by atoms with van der Waals surface area (Å²) >= 11 is -8.03. The third-order valence-corrected chi connectivity index (χ3v) is 0. The molecule has 0 saturated heterocycles. The van der Waals surface area contributed by atoms with Gasteiger partial charge in [0, 0.05) is 0 Å². The summed E-state index contributed by atoms with van der Waals surface area (Å²) in [7, 11) is 0. The minimum atomic E-state index is -4.01. The van der Waals surface area contributed by atoms with E-state index in [-0.39, 0.29) is 19.5 Å². The Bertz CT molecular complexity index is 26.5. The molecule has 0 N–H and O–H groups in total. The molecule has 0 atom stereocenters. The minimum absolute atomic E-state index is 0. The Morgan fingerprint density at radius 2 is 0.556 bits per heavy atom.